The van der Waals surface area contributed by atoms with Gasteiger partial charge in [0.2, 0.25) is 0 Å². The number of thiophene rings is 1. The number of urea groups is 1. The number of aromatic nitrogens is 1. The summed E-state index contributed by atoms with van der Waals surface area (Å²) < 4.78 is 0.891. The first-order valence-corrected chi connectivity index (χ1v) is 7.85. The van der Waals surface area contributed by atoms with Crippen molar-refractivity contribution in [2.75, 3.05) is 7.05 Å². The zero-order valence-corrected chi connectivity index (χ0v) is 12.9. The van der Waals surface area contributed by atoms with Crippen molar-refractivity contribution in [1.29, 1.82) is 0 Å². The van der Waals surface area contributed by atoms with E-state index in [-0.39, 0.29) is 11.9 Å². The molecule has 2 aromatic rings. The van der Waals surface area contributed by atoms with Gasteiger partial charge in [0, 0.05) is 18.1 Å². The van der Waals surface area contributed by atoms with E-state index in [0.29, 0.717) is 11.6 Å². The fraction of sp³-hybridized carbons (Fsp3) is 0.357. The summed E-state index contributed by atoms with van der Waals surface area (Å²) >= 11 is 7.62. The number of carbonyl (C=O) groups is 2. The van der Waals surface area contributed by atoms with Crippen molar-refractivity contribution in [3.8, 4) is 0 Å². The predicted octanol–water partition coefficient (Wildman–Crippen LogP) is 2.88. The molecule has 3 amide bonds. The molecule has 108 valence electrons. The van der Waals surface area contributed by atoms with E-state index in [1.807, 2.05) is 6.07 Å². The van der Waals surface area contributed by atoms with Crippen LogP contribution >= 0.6 is 22.9 Å². The molecule has 0 atom stereocenters. The van der Waals surface area contributed by atoms with E-state index in [0.717, 1.165) is 27.9 Å². The number of pyridine rings is 1. The molecule has 21 heavy (non-hydrogen) atoms. The maximum atomic E-state index is 12.4. The minimum Gasteiger partial charge on any atom is -0.313 e. The quantitative estimate of drug-likeness (QED) is 0.799. The van der Waals surface area contributed by atoms with Crippen molar-refractivity contribution in [1.82, 2.24) is 14.8 Å². The Labute approximate surface area is 130 Å². The Bertz CT molecular complexity index is 784. The summed E-state index contributed by atoms with van der Waals surface area (Å²) in [7, 11) is 1.70. The smallest absolute Gasteiger partial charge is 0.313 e. The number of halogens is 1. The SMILES string of the molecule is CN1C(=O)N(Cc2cc3nccc(Cl)c3s2)C(=O)C12CC2. The molecule has 3 heterocycles. The molecule has 1 saturated heterocycles. The highest BCUT2D eigenvalue weighted by Crippen LogP contribution is 2.47. The van der Waals surface area contributed by atoms with Crippen molar-refractivity contribution in [3.05, 3.63) is 28.2 Å². The molecule has 0 unspecified atom stereocenters. The minimum absolute atomic E-state index is 0.0773. The molecular weight excluding hydrogens is 310 g/mol. The highest BCUT2D eigenvalue weighted by atomic mass is 35.5. The lowest BCUT2D eigenvalue weighted by atomic mass is 10.2. The molecule has 0 bridgehead atoms. The molecule has 0 aromatic carbocycles. The van der Waals surface area contributed by atoms with Crippen LogP contribution in [0.3, 0.4) is 0 Å². The Morgan fingerprint density at radius 1 is 1.43 bits per heavy atom. The Hall–Kier alpha value is -1.66. The second-order valence-electron chi connectivity index (χ2n) is 5.48. The van der Waals surface area contributed by atoms with Crippen LogP contribution in [0.2, 0.25) is 5.02 Å². The van der Waals surface area contributed by atoms with Gasteiger partial charge < -0.3 is 4.90 Å². The van der Waals surface area contributed by atoms with E-state index >= 15 is 0 Å². The van der Waals surface area contributed by atoms with Crippen LogP contribution in [0.4, 0.5) is 4.79 Å². The minimum atomic E-state index is -0.552. The van der Waals surface area contributed by atoms with Gasteiger partial charge in [0.1, 0.15) is 5.54 Å². The van der Waals surface area contributed by atoms with E-state index in [1.54, 1.807) is 24.2 Å². The first-order chi connectivity index (χ1) is 10.0. The topological polar surface area (TPSA) is 53.5 Å². The molecule has 5 nitrogen and oxygen atoms in total. The Kier molecular flexibility index (Phi) is 2.59. The highest BCUT2D eigenvalue weighted by molar-refractivity contribution is 7.19. The molecule has 7 heteroatoms. The number of amides is 3. The number of carbonyl (C=O) groups excluding carboxylic acids is 2. The molecule has 1 aliphatic carbocycles. The van der Waals surface area contributed by atoms with Gasteiger partial charge in [-0.3, -0.25) is 14.7 Å². The van der Waals surface area contributed by atoms with Gasteiger partial charge in [-0.2, -0.15) is 0 Å². The predicted molar refractivity (Wildman–Crippen MR) is 80.3 cm³/mol. The van der Waals surface area contributed by atoms with Gasteiger partial charge in [0.15, 0.2) is 0 Å². The van der Waals surface area contributed by atoms with Crippen LogP contribution in [-0.4, -0.2) is 39.3 Å². The molecule has 1 saturated carbocycles. The summed E-state index contributed by atoms with van der Waals surface area (Å²) in [5.41, 5.74) is 0.250. The van der Waals surface area contributed by atoms with Crippen LogP contribution in [0.1, 0.15) is 17.7 Å². The van der Waals surface area contributed by atoms with E-state index in [4.69, 9.17) is 11.6 Å². The second-order valence-corrected chi connectivity index (χ2v) is 7.03. The van der Waals surface area contributed by atoms with Crippen LogP contribution in [0, 0.1) is 0 Å². The van der Waals surface area contributed by atoms with Crippen LogP contribution < -0.4 is 0 Å². The van der Waals surface area contributed by atoms with Crippen molar-refractivity contribution < 1.29 is 9.59 Å². The maximum Gasteiger partial charge on any atom is 0.327 e. The van der Waals surface area contributed by atoms with Gasteiger partial charge in [-0.15, -0.1) is 11.3 Å². The third-order valence-electron chi connectivity index (χ3n) is 4.26. The van der Waals surface area contributed by atoms with E-state index in [9.17, 15) is 9.59 Å². The first kappa shape index (κ1) is 13.0. The highest BCUT2D eigenvalue weighted by Gasteiger charge is 2.63. The van der Waals surface area contributed by atoms with Gasteiger partial charge >= 0.3 is 6.03 Å². The molecule has 1 spiro atoms. The average molecular weight is 322 g/mol. The van der Waals surface area contributed by atoms with Crippen LogP contribution in [0.25, 0.3) is 10.2 Å². The standard InChI is InChI=1S/C14H12ClN3O2S/c1-17-13(20)18(12(19)14(17)3-4-14)7-8-6-10-11(21-8)9(15)2-5-16-10/h2,5-6H,3-4,7H2,1H3. The Morgan fingerprint density at radius 2 is 2.19 bits per heavy atom. The number of imide groups is 1. The molecule has 1 aliphatic heterocycles. The van der Waals surface area contributed by atoms with Crippen LogP contribution in [0.5, 0.6) is 0 Å². The fourth-order valence-corrected chi connectivity index (χ4v) is 4.12. The number of nitrogens with zero attached hydrogens (tertiary/aromatic N) is 3. The van der Waals surface area contributed by atoms with Gasteiger partial charge in [0.25, 0.3) is 5.91 Å². The Morgan fingerprint density at radius 3 is 2.81 bits per heavy atom. The van der Waals surface area contributed by atoms with Crippen molar-refractivity contribution in [2.45, 2.75) is 24.9 Å². The van der Waals surface area contributed by atoms with E-state index in [1.165, 1.54) is 16.2 Å². The summed E-state index contributed by atoms with van der Waals surface area (Å²) in [5.74, 6) is -0.0773. The normalized spacial score (nSPS) is 20.1. The van der Waals surface area contributed by atoms with Crippen LogP contribution in [0.15, 0.2) is 18.3 Å². The van der Waals surface area contributed by atoms with Gasteiger partial charge in [-0.05, 0) is 25.0 Å². The Balaban J connectivity index is 1.67. The molecule has 2 aromatic heterocycles. The third kappa shape index (κ3) is 1.72. The molecule has 2 aliphatic rings. The number of fused-ring (bicyclic) bond motifs is 1. The lowest BCUT2D eigenvalue weighted by Gasteiger charge is -2.13. The second kappa shape index (κ2) is 4.18. The van der Waals surface area contributed by atoms with Gasteiger partial charge in [0.05, 0.1) is 21.8 Å². The lowest BCUT2D eigenvalue weighted by Crippen LogP contribution is -2.33. The average Bonchev–Trinajstić information content (AvgIpc) is 3.14. The van der Waals surface area contributed by atoms with E-state index in [2.05, 4.69) is 4.98 Å². The number of rotatable bonds is 2. The summed E-state index contributed by atoms with van der Waals surface area (Å²) in [6.07, 6.45) is 3.19. The van der Waals surface area contributed by atoms with Crippen molar-refractivity contribution >= 4 is 45.1 Å². The largest absolute Gasteiger partial charge is 0.327 e. The third-order valence-corrected chi connectivity index (χ3v) is 5.82. The fourth-order valence-electron chi connectivity index (χ4n) is 2.84. The molecular formula is C14H12ClN3O2S. The molecule has 2 fully saturated rings. The molecule has 4 rings (SSSR count). The van der Waals surface area contributed by atoms with Gasteiger partial charge in [-0.1, -0.05) is 11.6 Å². The number of hydrogen-bond donors (Lipinski definition) is 0. The molecule has 0 radical (unpaired) electrons. The van der Waals surface area contributed by atoms with Crippen molar-refractivity contribution in [3.63, 3.8) is 0 Å². The maximum absolute atomic E-state index is 12.4. The summed E-state index contributed by atoms with van der Waals surface area (Å²) in [4.78, 5) is 32.8. The van der Waals surface area contributed by atoms with Crippen LogP contribution in [-0.2, 0) is 11.3 Å². The number of hydrogen-bond acceptors (Lipinski definition) is 4. The summed E-state index contributed by atoms with van der Waals surface area (Å²) in [6.45, 7) is 0.293. The van der Waals surface area contributed by atoms with Gasteiger partial charge in [-0.25, -0.2) is 4.79 Å². The zero-order valence-electron chi connectivity index (χ0n) is 11.3. The number of likely N-dealkylation sites (N-methyl/N-ethyl adjacent to an activating group) is 1. The lowest BCUT2D eigenvalue weighted by molar-refractivity contribution is -0.129. The van der Waals surface area contributed by atoms with Crippen molar-refractivity contribution in [2.24, 2.45) is 0 Å². The summed E-state index contributed by atoms with van der Waals surface area (Å²) in [6, 6.07) is 3.42. The summed E-state index contributed by atoms with van der Waals surface area (Å²) in [5, 5.41) is 0.645. The monoisotopic (exact) mass is 321 g/mol. The van der Waals surface area contributed by atoms with E-state index < -0.39 is 5.54 Å². The first-order valence-electron chi connectivity index (χ1n) is 6.66. The zero-order chi connectivity index (χ0) is 14.8. The molecule has 0 N–H and O–H groups in total.